The first kappa shape index (κ1) is 21.6. The monoisotopic (exact) mass is 386 g/mol. The Bertz CT molecular complexity index is 792. The van der Waals surface area contributed by atoms with Crippen molar-refractivity contribution in [1.82, 2.24) is 10.2 Å². The van der Waals surface area contributed by atoms with Crippen molar-refractivity contribution < 1.29 is 19.0 Å². The molecule has 0 unspecified atom stereocenters. The van der Waals surface area contributed by atoms with Crippen LogP contribution in [0.4, 0.5) is 0 Å². The number of carbonyl (C=O) groups is 1. The van der Waals surface area contributed by atoms with Crippen molar-refractivity contribution in [1.29, 1.82) is 0 Å². The Morgan fingerprint density at radius 3 is 2.29 bits per heavy atom. The predicted molar refractivity (Wildman–Crippen MR) is 110 cm³/mol. The fourth-order valence-electron chi connectivity index (χ4n) is 3.09. The van der Waals surface area contributed by atoms with E-state index in [1.54, 1.807) is 21.3 Å². The van der Waals surface area contributed by atoms with Crippen LogP contribution in [0.3, 0.4) is 0 Å². The number of aryl methyl sites for hydroxylation is 1. The molecule has 0 fully saturated rings. The third-order valence-corrected chi connectivity index (χ3v) is 4.60. The number of likely N-dealkylation sites (N-methyl/N-ethyl adjacent to an activating group) is 1. The molecule has 0 aliphatic carbocycles. The fraction of sp³-hybridized carbons (Fsp3) is 0.409. The number of hydrogen-bond acceptors (Lipinski definition) is 5. The van der Waals surface area contributed by atoms with E-state index in [4.69, 9.17) is 14.2 Å². The van der Waals surface area contributed by atoms with E-state index >= 15 is 0 Å². The van der Waals surface area contributed by atoms with E-state index in [1.807, 2.05) is 55.3 Å². The number of methoxy groups -OCH3 is 3. The van der Waals surface area contributed by atoms with Crippen molar-refractivity contribution in [3.8, 4) is 17.2 Å². The summed E-state index contributed by atoms with van der Waals surface area (Å²) >= 11 is 0. The lowest BCUT2D eigenvalue weighted by Crippen LogP contribution is -2.36. The standard InChI is InChI=1S/C22H30N2O4/c1-16-12-20(27-4)21(28-5)13-18(16)14-24(2)15-22(25)23-11-10-17-8-6-7-9-19(17)26-3/h6-9,12-13H,10-11,14-15H2,1-5H3,(H,23,25). The number of hydrogen-bond donors (Lipinski definition) is 1. The van der Waals surface area contributed by atoms with Gasteiger partial charge in [-0.2, -0.15) is 0 Å². The Morgan fingerprint density at radius 1 is 0.964 bits per heavy atom. The average molecular weight is 386 g/mol. The Labute approximate surface area is 167 Å². The van der Waals surface area contributed by atoms with Gasteiger partial charge in [-0.3, -0.25) is 9.69 Å². The molecule has 0 aromatic heterocycles. The zero-order valence-electron chi connectivity index (χ0n) is 17.4. The molecule has 6 heteroatoms. The summed E-state index contributed by atoms with van der Waals surface area (Å²) in [4.78, 5) is 14.2. The Morgan fingerprint density at radius 2 is 1.61 bits per heavy atom. The number of nitrogens with zero attached hydrogens (tertiary/aromatic N) is 1. The lowest BCUT2D eigenvalue weighted by Gasteiger charge is -2.19. The molecule has 0 bridgehead atoms. The highest BCUT2D eigenvalue weighted by atomic mass is 16.5. The fourth-order valence-corrected chi connectivity index (χ4v) is 3.09. The summed E-state index contributed by atoms with van der Waals surface area (Å²) in [6.07, 6.45) is 0.730. The molecule has 0 aliphatic rings. The van der Waals surface area contributed by atoms with Crippen LogP contribution in [-0.2, 0) is 17.8 Å². The SMILES string of the molecule is COc1ccccc1CCNC(=O)CN(C)Cc1cc(OC)c(OC)cc1C. The molecule has 6 nitrogen and oxygen atoms in total. The van der Waals surface area contributed by atoms with Gasteiger partial charge in [-0.05, 0) is 55.3 Å². The van der Waals surface area contributed by atoms with Gasteiger partial charge in [-0.15, -0.1) is 0 Å². The van der Waals surface area contributed by atoms with Crippen molar-refractivity contribution in [2.24, 2.45) is 0 Å². The first-order chi connectivity index (χ1) is 13.5. The summed E-state index contributed by atoms with van der Waals surface area (Å²) in [5, 5.41) is 2.97. The number of rotatable bonds is 10. The van der Waals surface area contributed by atoms with Gasteiger partial charge >= 0.3 is 0 Å². The minimum atomic E-state index is -0.00414. The number of carbonyl (C=O) groups excluding carboxylic acids is 1. The summed E-state index contributed by atoms with van der Waals surface area (Å²) in [6.45, 7) is 3.56. The van der Waals surface area contributed by atoms with Gasteiger partial charge < -0.3 is 19.5 Å². The lowest BCUT2D eigenvalue weighted by atomic mass is 10.1. The maximum atomic E-state index is 12.3. The minimum absolute atomic E-state index is 0.00414. The van der Waals surface area contributed by atoms with Crippen LogP contribution in [0.25, 0.3) is 0 Å². The van der Waals surface area contributed by atoms with Crippen LogP contribution in [0.1, 0.15) is 16.7 Å². The van der Waals surface area contributed by atoms with E-state index < -0.39 is 0 Å². The first-order valence-electron chi connectivity index (χ1n) is 9.27. The summed E-state index contributed by atoms with van der Waals surface area (Å²) in [5.41, 5.74) is 3.28. The maximum absolute atomic E-state index is 12.3. The maximum Gasteiger partial charge on any atom is 0.234 e. The predicted octanol–water partition coefficient (Wildman–Crippen LogP) is 2.81. The molecule has 28 heavy (non-hydrogen) atoms. The number of benzene rings is 2. The third kappa shape index (κ3) is 5.89. The average Bonchev–Trinajstić information content (AvgIpc) is 2.69. The van der Waals surface area contributed by atoms with E-state index in [0.29, 0.717) is 31.1 Å². The Kier molecular flexibility index (Phi) is 8.14. The molecule has 1 N–H and O–H groups in total. The summed E-state index contributed by atoms with van der Waals surface area (Å²) in [7, 11) is 6.83. The van der Waals surface area contributed by atoms with Crippen LogP contribution in [0.5, 0.6) is 17.2 Å². The van der Waals surface area contributed by atoms with Crippen LogP contribution in [0, 0.1) is 6.92 Å². The number of nitrogens with one attached hydrogen (secondary N) is 1. The molecule has 152 valence electrons. The molecule has 0 heterocycles. The van der Waals surface area contributed by atoms with Gasteiger partial charge in [-0.1, -0.05) is 18.2 Å². The molecule has 0 aliphatic heterocycles. The van der Waals surface area contributed by atoms with E-state index in [0.717, 1.165) is 28.9 Å². The molecule has 0 radical (unpaired) electrons. The van der Waals surface area contributed by atoms with Crippen LogP contribution >= 0.6 is 0 Å². The summed E-state index contributed by atoms with van der Waals surface area (Å²) < 4.78 is 16.0. The Balaban J connectivity index is 1.86. The molecule has 0 saturated carbocycles. The molecule has 0 atom stereocenters. The zero-order chi connectivity index (χ0) is 20.5. The normalized spacial score (nSPS) is 10.6. The second-order valence-corrected chi connectivity index (χ2v) is 6.72. The highest BCUT2D eigenvalue weighted by molar-refractivity contribution is 5.78. The van der Waals surface area contributed by atoms with Crippen LogP contribution in [-0.4, -0.2) is 52.3 Å². The lowest BCUT2D eigenvalue weighted by molar-refractivity contribution is -0.122. The van der Waals surface area contributed by atoms with Gasteiger partial charge in [0.1, 0.15) is 5.75 Å². The molecular formula is C22H30N2O4. The molecule has 2 aromatic rings. The van der Waals surface area contributed by atoms with Crippen molar-refractivity contribution in [3.05, 3.63) is 53.1 Å². The highest BCUT2D eigenvalue weighted by Crippen LogP contribution is 2.30. The van der Waals surface area contributed by atoms with Gasteiger partial charge in [0.15, 0.2) is 11.5 Å². The van der Waals surface area contributed by atoms with Crippen LogP contribution in [0.2, 0.25) is 0 Å². The van der Waals surface area contributed by atoms with E-state index in [1.165, 1.54) is 0 Å². The first-order valence-corrected chi connectivity index (χ1v) is 9.27. The van der Waals surface area contributed by atoms with Crippen molar-refractivity contribution in [2.75, 3.05) is 41.5 Å². The van der Waals surface area contributed by atoms with Gasteiger partial charge in [-0.25, -0.2) is 0 Å². The second kappa shape index (κ2) is 10.6. The molecular weight excluding hydrogens is 356 g/mol. The second-order valence-electron chi connectivity index (χ2n) is 6.72. The van der Waals surface area contributed by atoms with Crippen molar-refractivity contribution in [3.63, 3.8) is 0 Å². The highest BCUT2D eigenvalue weighted by Gasteiger charge is 2.12. The van der Waals surface area contributed by atoms with Gasteiger partial charge in [0.2, 0.25) is 5.91 Å². The van der Waals surface area contributed by atoms with Crippen molar-refractivity contribution in [2.45, 2.75) is 19.9 Å². The van der Waals surface area contributed by atoms with E-state index in [-0.39, 0.29) is 5.91 Å². The quantitative estimate of drug-likeness (QED) is 0.680. The smallest absolute Gasteiger partial charge is 0.234 e. The minimum Gasteiger partial charge on any atom is -0.496 e. The van der Waals surface area contributed by atoms with Crippen LogP contribution in [0.15, 0.2) is 36.4 Å². The van der Waals surface area contributed by atoms with E-state index in [2.05, 4.69) is 5.32 Å². The zero-order valence-corrected chi connectivity index (χ0v) is 17.4. The van der Waals surface area contributed by atoms with E-state index in [9.17, 15) is 4.79 Å². The summed E-state index contributed by atoms with van der Waals surface area (Å²) in [6, 6.07) is 11.8. The van der Waals surface area contributed by atoms with Crippen LogP contribution < -0.4 is 19.5 Å². The molecule has 0 saturated heterocycles. The number of ether oxygens (including phenoxy) is 3. The number of para-hydroxylation sites is 1. The van der Waals surface area contributed by atoms with Gasteiger partial charge in [0.05, 0.1) is 27.9 Å². The molecule has 2 rings (SSSR count). The third-order valence-electron chi connectivity index (χ3n) is 4.60. The molecule has 0 spiro atoms. The molecule has 2 aromatic carbocycles. The van der Waals surface area contributed by atoms with Crippen molar-refractivity contribution >= 4 is 5.91 Å². The summed E-state index contributed by atoms with van der Waals surface area (Å²) in [5.74, 6) is 2.24. The topological polar surface area (TPSA) is 60.0 Å². The Hall–Kier alpha value is -2.73. The largest absolute Gasteiger partial charge is 0.496 e. The number of amides is 1. The van der Waals surface area contributed by atoms with Gasteiger partial charge in [0.25, 0.3) is 0 Å². The molecule has 1 amide bonds. The van der Waals surface area contributed by atoms with Gasteiger partial charge in [0, 0.05) is 13.1 Å².